The Morgan fingerprint density at radius 1 is 1.30 bits per heavy atom. The van der Waals surface area contributed by atoms with E-state index < -0.39 is 35.6 Å². The number of fused-ring (bicyclic) bond motifs is 2. The molecule has 1 spiro atoms. The highest BCUT2D eigenvalue weighted by Gasteiger charge is 2.77. The molecule has 2 aromatic rings. The van der Waals surface area contributed by atoms with Crippen LogP contribution in [-0.4, -0.2) is 76.7 Å². The number of rotatable bonds is 9. The fourth-order valence-corrected chi connectivity index (χ4v) is 7.28. The van der Waals surface area contributed by atoms with Gasteiger partial charge in [0.1, 0.15) is 11.6 Å². The van der Waals surface area contributed by atoms with Crippen molar-refractivity contribution in [3.8, 4) is 0 Å². The SMILES string of the molecule is C=CCN(C(=O)C1N(CCCO)C(=O)[C@@H]2[C@@H](C(=O)OCC)[C@@H]3OC12CC3Br)c1ccc2ccccc2c1. The van der Waals surface area contributed by atoms with Gasteiger partial charge in [0.15, 0.2) is 0 Å². The molecule has 2 bridgehead atoms. The summed E-state index contributed by atoms with van der Waals surface area (Å²) in [6, 6.07) is 12.7. The number of aliphatic hydroxyl groups is 1. The second-order valence-corrected chi connectivity index (χ2v) is 11.0. The molecule has 37 heavy (non-hydrogen) atoms. The number of aliphatic hydroxyl groups excluding tert-OH is 1. The first-order chi connectivity index (χ1) is 17.9. The summed E-state index contributed by atoms with van der Waals surface area (Å²) in [6.07, 6.45) is 1.81. The zero-order valence-electron chi connectivity index (χ0n) is 20.7. The quantitative estimate of drug-likeness (QED) is 0.283. The average Bonchev–Trinajstić information content (AvgIpc) is 3.48. The average molecular weight is 571 g/mol. The van der Waals surface area contributed by atoms with Crippen molar-refractivity contribution in [3.63, 3.8) is 0 Å². The Hall–Kier alpha value is -2.75. The van der Waals surface area contributed by atoms with Crippen molar-refractivity contribution < 1.29 is 29.0 Å². The van der Waals surface area contributed by atoms with Crippen LogP contribution in [-0.2, 0) is 23.9 Å². The Labute approximate surface area is 224 Å². The number of nitrogens with zero attached hydrogens (tertiary/aromatic N) is 2. The second-order valence-electron chi connectivity index (χ2n) is 9.79. The van der Waals surface area contributed by atoms with Crippen molar-refractivity contribution in [2.24, 2.45) is 11.8 Å². The van der Waals surface area contributed by atoms with Gasteiger partial charge in [-0.2, -0.15) is 0 Å². The number of ether oxygens (including phenoxy) is 2. The molecule has 6 atom stereocenters. The molecule has 0 aliphatic carbocycles. The fraction of sp³-hybridized carbons (Fsp3) is 0.464. The number of anilines is 1. The molecule has 1 N–H and O–H groups in total. The molecule has 9 heteroatoms. The van der Waals surface area contributed by atoms with Crippen LogP contribution in [0, 0.1) is 11.8 Å². The Bertz CT molecular complexity index is 1240. The predicted octanol–water partition coefficient (Wildman–Crippen LogP) is 3.05. The summed E-state index contributed by atoms with van der Waals surface area (Å²) in [5, 5.41) is 11.6. The maximum absolute atomic E-state index is 14.4. The van der Waals surface area contributed by atoms with Gasteiger partial charge < -0.3 is 24.4 Å². The van der Waals surface area contributed by atoms with E-state index in [4.69, 9.17) is 9.47 Å². The Kier molecular flexibility index (Phi) is 7.13. The number of benzene rings is 2. The van der Waals surface area contributed by atoms with Crippen LogP contribution >= 0.6 is 15.9 Å². The summed E-state index contributed by atoms with van der Waals surface area (Å²) >= 11 is 3.65. The van der Waals surface area contributed by atoms with Crippen LogP contribution < -0.4 is 4.90 Å². The number of halogens is 1. The van der Waals surface area contributed by atoms with Gasteiger partial charge in [-0.15, -0.1) is 6.58 Å². The molecule has 3 fully saturated rings. The molecule has 196 valence electrons. The number of alkyl halides is 1. The van der Waals surface area contributed by atoms with Gasteiger partial charge >= 0.3 is 5.97 Å². The number of amides is 2. The van der Waals surface area contributed by atoms with Crippen molar-refractivity contribution in [1.82, 2.24) is 4.90 Å². The molecule has 0 saturated carbocycles. The monoisotopic (exact) mass is 570 g/mol. The van der Waals surface area contributed by atoms with Crippen LogP contribution in [0.25, 0.3) is 10.8 Å². The lowest BCUT2D eigenvalue weighted by molar-refractivity contribution is -0.154. The number of hydrogen-bond acceptors (Lipinski definition) is 6. The maximum atomic E-state index is 14.4. The van der Waals surface area contributed by atoms with E-state index >= 15 is 0 Å². The summed E-state index contributed by atoms with van der Waals surface area (Å²) in [5.41, 5.74) is -0.487. The van der Waals surface area contributed by atoms with Crippen molar-refractivity contribution in [1.29, 1.82) is 0 Å². The Morgan fingerprint density at radius 3 is 2.76 bits per heavy atom. The van der Waals surface area contributed by atoms with Gasteiger partial charge in [-0.05, 0) is 42.7 Å². The van der Waals surface area contributed by atoms with Crippen LogP contribution in [0.4, 0.5) is 5.69 Å². The standard InChI is InChI=1S/C28H31BrN2O6/c1-3-12-30(19-11-10-17-8-5-6-9-18(17)15-19)26(34)24-28-16-20(29)23(37-28)21(27(35)36-4-2)22(28)25(33)31(24)13-7-14-32/h3,5-6,8-11,15,20-24,32H,1,4,7,12-14,16H2,2H3/t20?,21-,22+,23-,24?,28?/m1/s1. The molecule has 2 amide bonds. The fourth-order valence-electron chi connectivity index (χ4n) is 6.34. The van der Waals surface area contributed by atoms with E-state index in [-0.39, 0.29) is 42.9 Å². The third kappa shape index (κ3) is 4.08. The number of esters is 1. The first kappa shape index (κ1) is 25.9. The predicted molar refractivity (Wildman–Crippen MR) is 142 cm³/mol. The normalized spacial score (nSPS) is 30.0. The number of carbonyl (C=O) groups excluding carboxylic acids is 3. The zero-order valence-corrected chi connectivity index (χ0v) is 22.3. The first-order valence-corrected chi connectivity index (χ1v) is 13.6. The zero-order chi connectivity index (χ0) is 26.3. The lowest BCUT2D eigenvalue weighted by atomic mass is 9.70. The van der Waals surface area contributed by atoms with Gasteiger partial charge in [0.2, 0.25) is 5.91 Å². The minimum atomic E-state index is -1.17. The van der Waals surface area contributed by atoms with E-state index in [9.17, 15) is 19.5 Å². The van der Waals surface area contributed by atoms with Crippen LogP contribution in [0.3, 0.4) is 0 Å². The van der Waals surface area contributed by atoms with E-state index in [1.54, 1.807) is 17.9 Å². The van der Waals surface area contributed by atoms with Crippen molar-refractivity contribution in [3.05, 3.63) is 55.1 Å². The molecule has 3 aliphatic rings. The summed E-state index contributed by atoms with van der Waals surface area (Å²) in [6.45, 7) is 6.05. The van der Waals surface area contributed by atoms with Crippen LogP contribution in [0.2, 0.25) is 0 Å². The Balaban J connectivity index is 1.58. The molecule has 2 aromatic carbocycles. The lowest BCUT2D eigenvalue weighted by Gasteiger charge is -2.37. The number of likely N-dealkylation sites (tertiary alicyclic amines) is 1. The summed E-state index contributed by atoms with van der Waals surface area (Å²) in [5.74, 6) is -2.70. The van der Waals surface area contributed by atoms with Gasteiger partial charge in [0, 0.05) is 30.2 Å². The van der Waals surface area contributed by atoms with Crippen LogP contribution in [0.15, 0.2) is 55.1 Å². The third-order valence-electron chi connectivity index (χ3n) is 7.76. The highest BCUT2D eigenvalue weighted by atomic mass is 79.9. The number of carbonyl (C=O) groups is 3. The summed E-state index contributed by atoms with van der Waals surface area (Å²) in [4.78, 5) is 44.2. The van der Waals surface area contributed by atoms with Crippen molar-refractivity contribution in [2.45, 2.75) is 42.3 Å². The van der Waals surface area contributed by atoms with E-state index in [1.165, 1.54) is 4.90 Å². The highest BCUT2D eigenvalue weighted by molar-refractivity contribution is 9.09. The van der Waals surface area contributed by atoms with E-state index in [0.29, 0.717) is 18.5 Å². The van der Waals surface area contributed by atoms with Crippen LogP contribution in [0.5, 0.6) is 0 Å². The lowest BCUT2D eigenvalue weighted by Crippen LogP contribution is -2.57. The summed E-state index contributed by atoms with van der Waals surface area (Å²) < 4.78 is 11.8. The van der Waals surface area contributed by atoms with Crippen molar-refractivity contribution >= 4 is 50.2 Å². The molecule has 8 nitrogen and oxygen atoms in total. The minimum Gasteiger partial charge on any atom is -0.466 e. The largest absolute Gasteiger partial charge is 0.466 e. The van der Waals surface area contributed by atoms with E-state index in [2.05, 4.69) is 22.5 Å². The second kappa shape index (κ2) is 10.2. The van der Waals surface area contributed by atoms with E-state index in [0.717, 1.165) is 10.8 Å². The van der Waals surface area contributed by atoms with Crippen LogP contribution in [0.1, 0.15) is 19.8 Å². The molecule has 3 aliphatic heterocycles. The number of hydrogen-bond donors (Lipinski definition) is 1. The molecule has 5 rings (SSSR count). The molecule has 3 heterocycles. The molecule has 0 aromatic heterocycles. The smallest absolute Gasteiger partial charge is 0.312 e. The minimum absolute atomic E-state index is 0.130. The molecule has 3 unspecified atom stereocenters. The topological polar surface area (TPSA) is 96.4 Å². The van der Waals surface area contributed by atoms with Gasteiger partial charge in [0.05, 0.1) is 24.5 Å². The van der Waals surface area contributed by atoms with E-state index in [1.807, 2.05) is 42.5 Å². The third-order valence-corrected chi connectivity index (χ3v) is 8.61. The Morgan fingerprint density at radius 2 is 2.05 bits per heavy atom. The molecule has 0 radical (unpaired) electrons. The molecule has 3 saturated heterocycles. The maximum Gasteiger partial charge on any atom is 0.312 e. The van der Waals surface area contributed by atoms with Gasteiger partial charge in [-0.25, -0.2) is 0 Å². The van der Waals surface area contributed by atoms with Gasteiger partial charge in [-0.3, -0.25) is 14.4 Å². The molecular formula is C28H31BrN2O6. The summed E-state index contributed by atoms with van der Waals surface area (Å²) in [7, 11) is 0. The molecular weight excluding hydrogens is 540 g/mol. The highest BCUT2D eigenvalue weighted by Crippen LogP contribution is 2.60. The van der Waals surface area contributed by atoms with Gasteiger partial charge in [-0.1, -0.05) is 52.3 Å². The van der Waals surface area contributed by atoms with Gasteiger partial charge in [0.25, 0.3) is 5.91 Å². The first-order valence-electron chi connectivity index (χ1n) is 12.7. The van der Waals surface area contributed by atoms with Crippen molar-refractivity contribution in [2.75, 3.05) is 31.2 Å².